The first-order valence-electron chi connectivity index (χ1n) is 11.9. The van der Waals surface area contributed by atoms with E-state index >= 15 is 0 Å². The van der Waals surface area contributed by atoms with Crippen LogP contribution >= 0.6 is 0 Å². The first kappa shape index (κ1) is 25.5. The molecule has 1 saturated carbocycles. The van der Waals surface area contributed by atoms with Gasteiger partial charge in [0.2, 0.25) is 5.91 Å². The number of aliphatic carboxylic acids is 1. The summed E-state index contributed by atoms with van der Waals surface area (Å²) >= 11 is 0. The predicted octanol–water partition coefficient (Wildman–Crippen LogP) is 3.50. The summed E-state index contributed by atoms with van der Waals surface area (Å²) in [5, 5.41) is 15.9. The average molecular weight is 474 g/mol. The van der Waals surface area contributed by atoms with E-state index in [1.54, 1.807) is 0 Å². The summed E-state index contributed by atoms with van der Waals surface area (Å²) in [5.41, 5.74) is 1.09. The maximum absolute atomic E-state index is 12.7. The van der Waals surface area contributed by atoms with Crippen molar-refractivity contribution in [2.75, 3.05) is 26.2 Å². The van der Waals surface area contributed by atoms with E-state index in [1.807, 2.05) is 4.68 Å². The van der Waals surface area contributed by atoms with Crippen LogP contribution in [0.25, 0.3) is 0 Å². The molecule has 2 saturated heterocycles. The van der Waals surface area contributed by atoms with Gasteiger partial charge in [0.25, 0.3) is 0 Å². The lowest BCUT2D eigenvalue weighted by atomic mass is 10.0. The molecule has 4 rings (SSSR count). The summed E-state index contributed by atoms with van der Waals surface area (Å²) in [6.45, 7) is 7.29. The molecule has 1 aliphatic carbocycles. The van der Waals surface area contributed by atoms with Crippen LogP contribution in [0.15, 0.2) is 6.20 Å². The largest absolute Gasteiger partial charge is 0.490 e. The van der Waals surface area contributed by atoms with Crippen LogP contribution in [-0.2, 0) is 16.1 Å². The van der Waals surface area contributed by atoms with Crippen molar-refractivity contribution < 1.29 is 27.9 Å². The monoisotopic (exact) mass is 473 g/mol. The highest BCUT2D eigenvalue weighted by atomic mass is 19.4. The molecule has 1 aromatic rings. The van der Waals surface area contributed by atoms with Crippen LogP contribution in [0.2, 0.25) is 0 Å². The molecule has 0 spiro atoms. The fourth-order valence-electron chi connectivity index (χ4n) is 4.65. The molecule has 0 bridgehead atoms. The zero-order valence-corrected chi connectivity index (χ0v) is 19.1. The number of carboxylic acid groups (broad SMARTS) is 1. The second-order valence-electron chi connectivity index (χ2n) is 9.28. The molecule has 1 amide bonds. The number of carbonyl (C=O) groups excluding carboxylic acids is 1. The fraction of sp³-hybridized carbons (Fsp3) is 0.818. The third-order valence-corrected chi connectivity index (χ3v) is 6.70. The van der Waals surface area contributed by atoms with Crippen LogP contribution in [0.3, 0.4) is 0 Å². The zero-order chi connectivity index (χ0) is 24.0. The number of piperidine rings is 1. The van der Waals surface area contributed by atoms with Crippen LogP contribution in [0.4, 0.5) is 13.2 Å². The van der Waals surface area contributed by atoms with Gasteiger partial charge in [0.15, 0.2) is 0 Å². The summed E-state index contributed by atoms with van der Waals surface area (Å²) < 4.78 is 33.8. The highest BCUT2D eigenvalue weighted by Crippen LogP contribution is 2.44. The Morgan fingerprint density at radius 3 is 2.36 bits per heavy atom. The number of unbranched alkanes of at least 4 members (excludes halogenated alkanes) is 1. The number of hydrogen-bond acceptors (Lipinski definition) is 5. The van der Waals surface area contributed by atoms with Crippen LogP contribution in [-0.4, -0.2) is 74.1 Å². The summed E-state index contributed by atoms with van der Waals surface area (Å²) in [7, 11) is 0. The number of carboxylic acids is 1. The van der Waals surface area contributed by atoms with E-state index < -0.39 is 12.1 Å². The highest BCUT2D eigenvalue weighted by molar-refractivity contribution is 5.81. The van der Waals surface area contributed by atoms with Gasteiger partial charge in [0, 0.05) is 25.6 Å². The first-order valence-corrected chi connectivity index (χ1v) is 11.9. The Kier molecular flexibility index (Phi) is 8.72. The van der Waals surface area contributed by atoms with Gasteiger partial charge < -0.3 is 10.0 Å². The minimum atomic E-state index is -5.08. The van der Waals surface area contributed by atoms with E-state index in [0.717, 1.165) is 44.6 Å². The van der Waals surface area contributed by atoms with Gasteiger partial charge in [-0.05, 0) is 57.5 Å². The van der Waals surface area contributed by atoms with Crippen molar-refractivity contribution in [3.63, 3.8) is 0 Å². The Balaban J connectivity index is 0.000000383. The number of alkyl halides is 3. The first-order chi connectivity index (χ1) is 15.7. The molecule has 3 heterocycles. The van der Waals surface area contributed by atoms with Crippen LogP contribution in [0.5, 0.6) is 0 Å². The number of halogens is 3. The van der Waals surface area contributed by atoms with Gasteiger partial charge in [0.05, 0.1) is 17.9 Å². The van der Waals surface area contributed by atoms with Crippen molar-refractivity contribution in [3.8, 4) is 0 Å². The van der Waals surface area contributed by atoms with Crippen molar-refractivity contribution >= 4 is 11.9 Å². The Hall–Kier alpha value is -2.17. The summed E-state index contributed by atoms with van der Waals surface area (Å²) in [6, 6.07) is 0.397. The standard InChI is InChI=1S/C20H33N5O.C2HF3O2/c1-2-3-6-16-13-19(16)20(26)24-11-7-18(8-12-24)25-15-17(21-22-25)14-23-9-4-5-10-23;3-2(4,5)1(6)7/h15-16,18-19H,2-14H2,1H3;(H,6,7)/t16-,19+;/m1./s1. The number of likely N-dealkylation sites (tertiary alicyclic amines) is 2. The Bertz CT molecular complexity index is 786. The van der Waals surface area contributed by atoms with Gasteiger partial charge in [-0.1, -0.05) is 25.0 Å². The summed E-state index contributed by atoms with van der Waals surface area (Å²) in [5.74, 6) is -1.34. The van der Waals surface area contributed by atoms with Gasteiger partial charge in [-0.25, -0.2) is 9.48 Å². The topological polar surface area (TPSA) is 91.6 Å². The fourth-order valence-corrected chi connectivity index (χ4v) is 4.65. The van der Waals surface area contributed by atoms with E-state index in [-0.39, 0.29) is 0 Å². The zero-order valence-electron chi connectivity index (χ0n) is 19.1. The molecular weight excluding hydrogens is 439 g/mol. The van der Waals surface area contributed by atoms with E-state index in [9.17, 15) is 18.0 Å². The minimum absolute atomic E-state index is 0.330. The van der Waals surface area contributed by atoms with Gasteiger partial charge in [-0.2, -0.15) is 13.2 Å². The number of nitrogens with zero attached hydrogens (tertiary/aromatic N) is 5. The van der Waals surface area contributed by atoms with Crippen molar-refractivity contribution in [1.29, 1.82) is 0 Å². The maximum Gasteiger partial charge on any atom is 0.490 e. The van der Waals surface area contributed by atoms with Crippen molar-refractivity contribution in [3.05, 3.63) is 11.9 Å². The molecule has 11 heteroatoms. The lowest BCUT2D eigenvalue weighted by Crippen LogP contribution is -2.40. The van der Waals surface area contributed by atoms with Crippen LogP contribution in [0, 0.1) is 11.8 Å². The third kappa shape index (κ3) is 7.41. The molecule has 2 atom stereocenters. The molecule has 1 N–H and O–H groups in total. The molecule has 0 aromatic carbocycles. The van der Waals surface area contributed by atoms with E-state index in [0.29, 0.717) is 23.8 Å². The number of rotatable bonds is 7. The molecule has 2 aliphatic heterocycles. The van der Waals surface area contributed by atoms with Gasteiger partial charge >= 0.3 is 12.1 Å². The highest BCUT2D eigenvalue weighted by Gasteiger charge is 2.44. The Morgan fingerprint density at radius 1 is 1.15 bits per heavy atom. The normalized spacial score (nSPS) is 23.8. The molecule has 3 fully saturated rings. The lowest BCUT2D eigenvalue weighted by molar-refractivity contribution is -0.192. The lowest BCUT2D eigenvalue weighted by Gasteiger charge is -2.32. The molecule has 8 nitrogen and oxygen atoms in total. The second-order valence-corrected chi connectivity index (χ2v) is 9.28. The van der Waals surface area contributed by atoms with Crippen LogP contribution < -0.4 is 0 Å². The smallest absolute Gasteiger partial charge is 0.475 e. The Labute approximate surface area is 192 Å². The molecule has 3 aliphatic rings. The van der Waals surface area contributed by atoms with Crippen molar-refractivity contribution in [1.82, 2.24) is 24.8 Å². The molecule has 0 radical (unpaired) electrons. The predicted molar refractivity (Wildman–Crippen MR) is 114 cm³/mol. The van der Waals surface area contributed by atoms with Crippen molar-refractivity contribution in [2.45, 2.75) is 77.1 Å². The van der Waals surface area contributed by atoms with E-state index in [2.05, 4.69) is 33.2 Å². The van der Waals surface area contributed by atoms with E-state index in [1.165, 1.54) is 45.2 Å². The second kappa shape index (κ2) is 11.3. The molecule has 0 unspecified atom stereocenters. The van der Waals surface area contributed by atoms with E-state index in [4.69, 9.17) is 9.90 Å². The Morgan fingerprint density at radius 2 is 1.79 bits per heavy atom. The molecular formula is C22H34F3N5O3. The number of carbonyl (C=O) groups is 2. The summed E-state index contributed by atoms with van der Waals surface area (Å²) in [6.07, 6.45) is 6.53. The molecule has 186 valence electrons. The number of amides is 1. The van der Waals surface area contributed by atoms with Crippen LogP contribution in [0.1, 0.15) is 70.0 Å². The SMILES string of the molecule is CCCC[C@@H]1C[C@@H]1C(=O)N1CCC(n2cc(CN3CCCC3)nn2)CC1.O=C(O)C(F)(F)F. The molecule has 1 aromatic heterocycles. The summed E-state index contributed by atoms with van der Waals surface area (Å²) in [4.78, 5) is 26.1. The van der Waals surface area contributed by atoms with Crippen molar-refractivity contribution in [2.24, 2.45) is 11.8 Å². The van der Waals surface area contributed by atoms with Gasteiger partial charge in [-0.15, -0.1) is 5.10 Å². The van der Waals surface area contributed by atoms with Gasteiger partial charge in [0.1, 0.15) is 0 Å². The number of aromatic nitrogens is 3. The quantitative estimate of drug-likeness (QED) is 0.652. The minimum Gasteiger partial charge on any atom is -0.475 e. The third-order valence-electron chi connectivity index (χ3n) is 6.70. The maximum atomic E-state index is 12.7. The van der Waals surface area contributed by atoms with Gasteiger partial charge in [-0.3, -0.25) is 9.69 Å². The molecule has 33 heavy (non-hydrogen) atoms. The number of hydrogen-bond donors (Lipinski definition) is 1. The average Bonchev–Trinajstić information content (AvgIpc) is 3.12.